The van der Waals surface area contributed by atoms with Gasteiger partial charge in [-0.05, 0) is 50.9 Å². The van der Waals surface area contributed by atoms with Crippen LogP contribution in [0.2, 0.25) is 5.15 Å². The molecule has 2 atom stereocenters. The number of benzene rings is 1. The average Bonchev–Trinajstić information content (AvgIpc) is 2.62. The van der Waals surface area contributed by atoms with Crippen LogP contribution < -0.4 is 15.5 Å². The molecule has 0 amide bonds. The minimum Gasteiger partial charge on any atom is -0.356 e. The second-order valence-corrected chi connectivity index (χ2v) is 7.44. The molecule has 2 N–H and O–H groups in total. The normalized spacial score (nSPS) is 18.3. The summed E-state index contributed by atoms with van der Waals surface area (Å²) >= 11 is 11.6. The van der Waals surface area contributed by atoms with E-state index in [1.807, 2.05) is 24.3 Å². The lowest BCUT2D eigenvalue weighted by molar-refractivity contribution is 0.481. The molecule has 0 unspecified atom stereocenters. The first-order valence-electron chi connectivity index (χ1n) is 8.96. The van der Waals surface area contributed by atoms with Gasteiger partial charge in [0.25, 0.3) is 0 Å². The van der Waals surface area contributed by atoms with E-state index >= 15 is 0 Å². The van der Waals surface area contributed by atoms with E-state index in [1.165, 1.54) is 19.3 Å². The molecule has 7 heteroatoms. The molecule has 1 fully saturated rings. The largest absolute Gasteiger partial charge is 0.356 e. The highest BCUT2D eigenvalue weighted by Crippen LogP contribution is 2.25. The molecule has 2 aromatic rings. The fourth-order valence-electron chi connectivity index (χ4n) is 3.21. The molecule has 2 heterocycles. The molecule has 1 aromatic carbocycles. The molecular formula is C19H24ClN5S. The van der Waals surface area contributed by atoms with Gasteiger partial charge in [0.15, 0.2) is 5.11 Å². The Kier molecular flexibility index (Phi) is 6.27. The van der Waals surface area contributed by atoms with Crippen LogP contribution in [0.3, 0.4) is 0 Å². The van der Waals surface area contributed by atoms with Crippen molar-refractivity contribution in [3.63, 3.8) is 0 Å². The molecule has 0 saturated carbocycles. The fraction of sp³-hybridized carbons (Fsp3) is 0.421. The summed E-state index contributed by atoms with van der Waals surface area (Å²) in [6.07, 6.45) is 3.59. The van der Waals surface area contributed by atoms with Gasteiger partial charge in [0.2, 0.25) is 5.95 Å². The molecule has 1 aliphatic heterocycles. The number of piperidine rings is 1. The van der Waals surface area contributed by atoms with E-state index < -0.39 is 0 Å². The molecule has 0 spiro atoms. The molecule has 5 nitrogen and oxygen atoms in total. The molecular weight excluding hydrogens is 366 g/mol. The van der Waals surface area contributed by atoms with Crippen LogP contribution in [0.15, 0.2) is 36.4 Å². The minimum atomic E-state index is 0.0805. The van der Waals surface area contributed by atoms with Gasteiger partial charge < -0.3 is 15.5 Å². The molecule has 3 rings (SSSR count). The number of halogens is 1. The first kappa shape index (κ1) is 18.9. The second kappa shape index (κ2) is 8.64. The first-order chi connectivity index (χ1) is 12.5. The molecule has 26 heavy (non-hydrogen) atoms. The third-order valence-corrected chi connectivity index (χ3v) is 5.06. The Labute approximate surface area is 165 Å². The predicted molar refractivity (Wildman–Crippen MR) is 112 cm³/mol. The van der Waals surface area contributed by atoms with Crippen molar-refractivity contribution in [3.8, 4) is 0 Å². The predicted octanol–water partition coefficient (Wildman–Crippen LogP) is 4.56. The van der Waals surface area contributed by atoms with Gasteiger partial charge in [-0.25, -0.2) is 4.98 Å². The number of anilines is 2. The van der Waals surface area contributed by atoms with Gasteiger partial charge in [0.1, 0.15) is 11.0 Å². The number of aromatic nitrogens is 2. The number of hydrogen-bond acceptors (Lipinski definition) is 4. The summed E-state index contributed by atoms with van der Waals surface area (Å²) in [5.74, 6) is 1.27. The zero-order valence-electron chi connectivity index (χ0n) is 15.1. The third-order valence-electron chi connectivity index (χ3n) is 4.65. The van der Waals surface area contributed by atoms with Gasteiger partial charge in [-0.15, -0.1) is 0 Å². The Hall–Kier alpha value is -1.92. The van der Waals surface area contributed by atoms with Crippen LogP contribution in [0.4, 0.5) is 11.8 Å². The summed E-state index contributed by atoms with van der Waals surface area (Å²) in [4.78, 5) is 11.2. The monoisotopic (exact) mass is 389 g/mol. The summed E-state index contributed by atoms with van der Waals surface area (Å²) in [6, 6.07) is 12.5. The Bertz CT molecular complexity index is 755. The average molecular weight is 390 g/mol. The first-order valence-corrected chi connectivity index (χ1v) is 9.75. The van der Waals surface area contributed by atoms with Gasteiger partial charge in [-0.2, -0.15) is 4.98 Å². The van der Waals surface area contributed by atoms with E-state index in [0.717, 1.165) is 17.9 Å². The second-order valence-electron chi connectivity index (χ2n) is 6.64. The highest BCUT2D eigenvalue weighted by atomic mass is 35.5. The molecule has 1 saturated heterocycles. The van der Waals surface area contributed by atoms with Crippen molar-refractivity contribution in [3.05, 3.63) is 47.1 Å². The zero-order chi connectivity index (χ0) is 18.5. The van der Waals surface area contributed by atoms with Crippen molar-refractivity contribution < 1.29 is 0 Å². The Morgan fingerprint density at radius 1 is 1.27 bits per heavy atom. The third kappa shape index (κ3) is 4.83. The molecule has 1 aliphatic rings. The molecule has 0 bridgehead atoms. The summed E-state index contributed by atoms with van der Waals surface area (Å²) in [5, 5.41) is 7.20. The molecule has 0 aliphatic carbocycles. The van der Waals surface area contributed by atoms with Crippen LogP contribution in [0, 0.1) is 0 Å². The van der Waals surface area contributed by atoms with E-state index in [4.69, 9.17) is 23.8 Å². The molecule has 138 valence electrons. The van der Waals surface area contributed by atoms with Crippen molar-refractivity contribution >= 4 is 40.7 Å². The van der Waals surface area contributed by atoms with Gasteiger partial charge in [0, 0.05) is 18.7 Å². The topological polar surface area (TPSA) is 53.1 Å². The van der Waals surface area contributed by atoms with E-state index in [2.05, 4.69) is 51.5 Å². The summed E-state index contributed by atoms with van der Waals surface area (Å²) in [5.41, 5.74) is 1.16. The van der Waals surface area contributed by atoms with Crippen LogP contribution in [-0.2, 0) is 0 Å². The van der Waals surface area contributed by atoms with Crippen LogP contribution in [0.25, 0.3) is 0 Å². The highest BCUT2D eigenvalue weighted by molar-refractivity contribution is 7.80. The van der Waals surface area contributed by atoms with Crippen molar-refractivity contribution in [2.45, 2.75) is 45.2 Å². The number of nitrogens with one attached hydrogen (secondary N) is 2. The summed E-state index contributed by atoms with van der Waals surface area (Å²) in [6.45, 7) is 5.26. The number of thiocarbonyl (C=S) groups is 1. The maximum atomic E-state index is 6.22. The van der Waals surface area contributed by atoms with Gasteiger partial charge in [-0.3, -0.25) is 0 Å². The number of hydrogen-bond donors (Lipinski definition) is 2. The quantitative estimate of drug-likeness (QED) is 0.590. The maximum absolute atomic E-state index is 6.22. The van der Waals surface area contributed by atoms with Crippen molar-refractivity contribution in [2.24, 2.45) is 0 Å². The lowest BCUT2D eigenvalue weighted by atomic mass is 10.0. The lowest BCUT2D eigenvalue weighted by Crippen LogP contribution is -2.38. The zero-order valence-corrected chi connectivity index (χ0v) is 16.6. The SMILES string of the molecule is C[C@H](NC(=S)Nc1nc(Cl)cc(N2CCCC[C@H]2C)n1)c1ccccc1. The van der Waals surface area contributed by atoms with Crippen LogP contribution in [-0.4, -0.2) is 27.7 Å². The van der Waals surface area contributed by atoms with Crippen molar-refractivity contribution in [1.29, 1.82) is 0 Å². The molecule has 0 radical (unpaired) electrons. The van der Waals surface area contributed by atoms with E-state index in [0.29, 0.717) is 22.3 Å². The Morgan fingerprint density at radius 2 is 2.04 bits per heavy atom. The van der Waals surface area contributed by atoms with Gasteiger partial charge in [0.05, 0.1) is 6.04 Å². The summed E-state index contributed by atoms with van der Waals surface area (Å²) < 4.78 is 0. The Morgan fingerprint density at radius 3 is 2.77 bits per heavy atom. The van der Waals surface area contributed by atoms with Crippen LogP contribution in [0.1, 0.15) is 44.7 Å². The Balaban J connectivity index is 1.68. The van der Waals surface area contributed by atoms with Gasteiger partial charge >= 0.3 is 0 Å². The lowest BCUT2D eigenvalue weighted by Gasteiger charge is -2.34. The van der Waals surface area contributed by atoms with E-state index in [1.54, 1.807) is 0 Å². The van der Waals surface area contributed by atoms with Crippen molar-refractivity contribution in [1.82, 2.24) is 15.3 Å². The smallest absolute Gasteiger partial charge is 0.232 e. The minimum absolute atomic E-state index is 0.0805. The summed E-state index contributed by atoms with van der Waals surface area (Å²) in [7, 11) is 0. The number of rotatable bonds is 4. The molecule has 1 aromatic heterocycles. The maximum Gasteiger partial charge on any atom is 0.232 e. The standard InChI is InChI=1S/C19H24ClN5S/c1-13-8-6-7-11-25(13)17-12-16(20)22-18(23-17)24-19(26)21-14(2)15-9-4-3-5-10-15/h3-5,9-10,12-14H,6-8,11H2,1-2H3,(H2,21,22,23,24,26)/t13-,14+/m1/s1. The van der Waals surface area contributed by atoms with Gasteiger partial charge in [-0.1, -0.05) is 41.9 Å². The highest BCUT2D eigenvalue weighted by Gasteiger charge is 2.21. The fourth-order valence-corrected chi connectivity index (χ4v) is 3.65. The number of nitrogens with zero attached hydrogens (tertiary/aromatic N) is 3. The van der Waals surface area contributed by atoms with E-state index in [-0.39, 0.29) is 6.04 Å². The van der Waals surface area contributed by atoms with Crippen molar-refractivity contribution in [2.75, 3.05) is 16.8 Å². The van der Waals surface area contributed by atoms with Crippen LogP contribution in [0.5, 0.6) is 0 Å². The van der Waals surface area contributed by atoms with Crippen LogP contribution >= 0.6 is 23.8 Å². The van der Waals surface area contributed by atoms with E-state index in [9.17, 15) is 0 Å².